The zero-order valence-corrected chi connectivity index (χ0v) is 19.0. The van der Waals surface area contributed by atoms with Gasteiger partial charge in [-0.15, -0.1) is 0 Å². The molecule has 0 bridgehead atoms. The van der Waals surface area contributed by atoms with Crippen LogP contribution in [-0.2, 0) is 20.5 Å². The largest absolute Gasteiger partial charge is 0.495 e. The Morgan fingerprint density at radius 3 is 2.45 bits per heavy atom. The van der Waals surface area contributed by atoms with Crippen molar-refractivity contribution in [2.24, 2.45) is 0 Å². The van der Waals surface area contributed by atoms with Crippen LogP contribution in [0.25, 0.3) is 16.7 Å². The first-order chi connectivity index (χ1) is 14.8. The minimum atomic E-state index is -0.518. The fourth-order valence-corrected chi connectivity index (χ4v) is 3.43. The Morgan fingerprint density at radius 2 is 1.77 bits per heavy atom. The molecule has 0 unspecified atom stereocenters. The molecule has 2 aromatic heterocycles. The van der Waals surface area contributed by atoms with E-state index in [1.165, 1.54) is 0 Å². The number of hydrogen-bond donors (Lipinski definition) is 0. The van der Waals surface area contributed by atoms with E-state index < -0.39 is 18.3 Å². The van der Waals surface area contributed by atoms with Crippen molar-refractivity contribution in [3.8, 4) is 11.6 Å². The lowest BCUT2D eigenvalue weighted by Gasteiger charge is -2.32. The van der Waals surface area contributed by atoms with E-state index in [9.17, 15) is 0 Å². The van der Waals surface area contributed by atoms with Gasteiger partial charge in [-0.2, -0.15) is 5.10 Å². The normalized spacial score (nSPS) is 17.4. The van der Waals surface area contributed by atoms with E-state index in [2.05, 4.69) is 15.1 Å². The maximum atomic E-state index is 6.28. The SMILES string of the molecule is CCc1cncc(-n2ncc3c(OCCOC)cc(B4OC(C)(C)C(C)(C)O4)cc32)n1. The van der Waals surface area contributed by atoms with Crippen LogP contribution < -0.4 is 10.2 Å². The number of methoxy groups -OCH3 is 1. The van der Waals surface area contributed by atoms with Crippen molar-refractivity contribution < 1.29 is 18.8 Å². The summed E-state index contributed by atoms with van der Waals surface area (Å²) < 4.78 is 25.5. The van der Waals surface area contributed by atoms with Crippen molar-refractivity contribution in [3.05, 3.63) is 36.4 Å². The molecule has 0 N–H and O–H groups in total. The van der Waals surface area contributed by atoms with Crippen molar-refractivity contribution in [2.45, 2.75) is 52.2 Å². The van der Waals surface area contributed by atoms with Crippen molar-refractivity contribution in [1.29, 1.82) is 0 Å². The number of ether oxygens (including phenoxy) is 2. The van der Waals surface area contributed by atoms with Gasteiger partial charge in [0.25, 0.3) is 0 Å². The maximum Gasteiger partial charge on any atom is 0.495 e. The average Bonchev–Trinajstić information content (AvgIpc) is 3.26. The minimum absolute atomic E-state index is 0.425. The van der Waals surface area contributed by atoms with Crippen LogP contribution in [0.1, 0.15) is 40.3 Å². The van der Waals surface area contributed by atoms with Crippen LogP contribution in [0.2, 0.25) is 0 Å². The topological polar surface area (TPSA) is 80.5 Å². The van der Waals surface area contributed by atoms with E-state index >= 15 is 0 Å². The zero-order chi connectivity index (χ0) is 22.2. The second-order valence-electron chi connectivity index (χ2n) is 8.66. The molecule has 1 aliphatic heterocycles. The van der Waals surface area contributed by atoms with Gasteiger partial charge in [-0.05, 0) is 51.7 Å². The number of aromatic nitrogens is 4. The maximum absolute atomic E-state index is 6.28. The van der Waals surface area contributed by atoms with Gasteiger partial charge in [0.05, 0.1) is 46.8 Å². The van der Waals surface area contributed by atoms with Crippen LogP contribution >= 0.6 is 0 Å². The van der Waals surface area contributed by atoms with Gasteiger partial charge in [0, 0.05) is 13.3 Å². The average molecular weight is 424 g/mol. The van der Waals surface area contributed by atoms with Gasteiger partial charge >= 0.3 is 7.12 Å². The smallest absolute Gasteiger partial charge is 0.490 e. The Morgan fingerprint density at radius 1 is 1.03 bits per heavy atom. The fourth-order valence-electron chi connectivity index (χ4n) is 3.43. The minimum Gasteiger partial charge on any atom is -0.490 e. The highest BCUT2D eigenvalue weighted by Crippen LogP contribution is 2.37. The van der Waals surface area contributed by atoms with Gasteiger partial charge in [-0.25, -0.2) is 9.67 Å². The molecular formula is C22H29BN4O4. The molecule has 0 aliphatic carbocycles. The van der Waals surface area contributed by atoms with Gasteiger partial charge in [-0.1, -0.05) is 6.92 Å². The summed E-state index contributed by atoms with van der Waals surface area (Å²) in [6.07, 6.45) is 6.05. The van der Waals surface area contributed by atoms with E-state index in [1.807, 2.05) is 46.8 Å². The van der Waals surface area contributed by atoms with Crippen molar-refractivity contribution in [1.82, 2.24) is 19.7 Å². The molecule has 0 amide bonds. The number of hydrogen-bond acceptors (Lipinski definition) is 7. The zero-order valence-electron chi connectivity index (χ0n) is 19.0. The van der Waals surface area contributed by atoms with Gasteiger partial charge in [0.15, 0.2) is 5.82 Å². The molecule has 4 rings (SSSR count). The number of benzene rings is 1. The highest BCUT2D eigenvalue weighted by atomic mass is 16.7. The first-order valence-corrected chi connectivity index (χ1v) is 10.6. The number of fused-ring (bicyclic) bond motifs is 1. The van der Waals surface area contributed by atoms with Crippen LogP contribution in [0.5, 0.6) is 5.75 Å². The van der Waals surface area contributed by atoms with Gasteiger partial charge in [-0.3, -0.25) is 4.98 Å². The summed E-state index contributed by atoms with van der Waals surface area (Å²) in [7, 11) is 1.13. The van der Waals surface area contributed by atoms with Gasteiger partial charge in [0.1, 0.15) is 12.4 Å². The van der Waals surface area contributed by atoms with Gasteiger partial charge < -0.3 is 18.8 Å². The van der Waals surface area contributed by atoms with Crippen LogP contribution in [-0.4, -0.2) is 58.4 Å². The molecule has 9 heteroatoms. The first kappa shape index (κ1) is 21.7. The molecule has 1 aromatic carbocycles. The molecule has 1 aliphatic rings. The van der Waals surface area contributed by atoms with E-state index in [0.717, 1.165) is 28.5 Å². The van der Waals surface area contributed by atoms with Crippen LogP contribution in [0.15, 0.2) is 30.7 Å². The summed E-state index contributed by atoms with van der Waals surface area (Å²) in [5.74, 6) is 1.35. The van der Waals surface area contributed by atoms with Crippen molar-refractivity contribution >= 4 is 23.5 Å². The molecule has 1 saturated heterocycles. The summed E-state index contributed by atoms with van der Waals surface area (Å²) in [4.78, 5) is 9.00. The van der Waals surface area contributed by atoms with E-state index in [4.69, 9.17) is 18.8 Å². The van der Waals surface area contributed by atoms with Gasteiger partial charge in [0.2, 0.25) is 0 Å². The van der Waals surface area contributed by atoms with Crippen molar-refractivity contribution in [2.75, 3.05) is 20.3 Å². The standard InChI is InChI=1S/C22H29BN4O4/c1-7-16-12-24-14-20(26-16)27-18-10-15(23-30-21(2,3)22(4,5)31-23)11-19(17(18)13-25-27)29-9-8-28-6/h10-14H,7-9H2,1-6H3. The van der Waals surface area contributed by atoms with Crippen LogP contribution in [0.4, 0.5) is 0 Å². The van der Waals surface area contributed by atoms with Crippen LogP contribution in [0, 0.1) is 0 Å². The molecular weight excluding hydrogens is 395 g/mol. The number of aryl methyl sites for hydroxylation is 1. The highest BCUT2D eigenvalue weighted by molar-refractivity contribution is 6.62. The third-order valence-corrected chi connectivity index (χ3v) is 5.99. The Kier molecular flexibility index (Phi) is 5.76. The molecule has 0 spiro atoms. The molecule has 8 nitrogen and oxygen atoms in total. The summed E-state index contributed by atoms with van der Waals surface area (Å²) in [5, 5.41) is 5.45. The lowest BCUT2D eigenvalue weighted by atomic mass is 9.78. The molecule has 164 valence electrons. The second kappa shape index (κ2) is 8.22. The molecule has 0 radical (unpaired) electrons. The monoisotopic (exact) mass is 424 g/mol. The summed E-state index contributed by atoms with van der Waals surface area (Å²) in [6, 6.07) is 3.98. The quantitative estimate of drug-likeness (QED) is 0.426. The molecule has 1 fully saturated rings. The molecule has 3 heterocycles. The third-order valence-electron chi connectivity index (χ3n) is 5.99. The molecule has 0 saturated carbocycles. The summed E-state index contributed by atoms with van der Waals surface area (Å²) in [5.41, 5.74) is 1.73. The van der Waals surface area contributed by atoms with E-state index in [-0.39, 0.29) is 0 Å². The fraction of sp³-hybridized carbons (Fsp3) is 0.500. The summed E-state index contributed by atoms with van der Waals surface area (Å²) >= 11 is 0. The van der Waals surface area contributed by atoms with E-state index in [1.54, 1.807) is 30.4 Å². The Balaban J connectivity index is 1.81. The summed E-state index contributed by atoms with van der Waals surface area (Å²) in [6.45, 7) is 11.1. The lowest BCUT2D eigenvalue weighted by Crippen LogP contribution is -2.41. The predicted molar refractivity (Wildman–Crippen MR) is 119 cm³/mol. The molecule has 0 atom stereocenters. The predicted octanol–water partition coefficient (Wildman–Crippen LogP) is 2.70. The molecule has 3 aromatic rings. The van der Waals surface area contributed by atoms with Crippen LogP contribution in [0.3, 0.4) is 0 Å². The van der Waals surface area contributed by atoms with E-state index in [0.29, 0.717) is 24.8 Å². The lowest BCUT2D eigenvalue weighted by molar-refractivity contribution is 0.00578. The Labute approximate surface area is 183 Å². The second-order valence-corrected chi connectivity index (χ2v) is 8.66. The Bertz CT molecular complexity index is 1070. The number of rotatable bonds is 7. The van der Waals surface area contributed by atoms with Crippen molar-refractivity contribution in [3.63, 3.8) is 0 Å². The number of nitrogens with zero attached hydrogens (tertiary/aromatic N) is 4. The Hall–Kier alpha value is -2.49. The first-order valence-electron chi connectivity index (χ1n) is 10.6. The molecule has 31 heavy (non-hydrogen) atoms. The third kappa shape index (κ3) is 4.05. The highest BCUT2D eigenvalue weighted by Gasteiger charge is 2.52.